The highest BCUT2D eigenvalue weighted by Crippen LogP contribution is 2.13. The van der Waals surface area contributed by atoms with Gasteiger partial charge < -0.3 is 14.2 Å². The van der Waals surface area contributed by atoms with E-state index >= 15 is 0 Å². The monoisotopic (exact) mass is 849 g/mol. The van der Waals surface area contributed by atoms with E-state index in [0.717, 1.165) is 89.9 Å². The molecule has 0 bridgehead atoms. The van der Waals surface area contributed by atoms with Crippen molar-refractivity contribution < 1.29 is 28.6 Å². The molecule has 6 heteroatoms. The first-order valence-electron chi connectivity index (χ1n) is 25.1. The number of carbonyl (C=O) groups excluding carboxylic acids is 3. The zero-order valence-corrected chi connectivity index (χ0v) is 39.7. The van der Waals surface area contributed by atoms with Crippen LogP contribution in [0.3, 0.4) is 0 Å². The van der Waals surface area contributed by atoms with Gasteiger partial charge >= 0.3 is 17.9 Å². The molecular formula is C55H92O6. The second-order valence-electron chi connectivity index (χ2n) is 16.4. The Morgan fingerprint density at radius 3 is 1.13 bits per heavy atom. The average Bonchev–Trinajstić information content (AvgIpc) is 3.26. The zero-order valence-electron chi connectivity index (χ0n) is 39.7. The van der Waals surface area contributed by atoms with Crippen LogP contribution in [0, 0.1) is 0 Å². The van der Waals surface area contributed by atoms with Crippen molar-refractivity contribution in [3.8, 4) is 0 Å². The van der Waals surface area contributed by atoms with E-state index in [4.69, 9.17) is 14.2 Å². The minimum Gasteiger partial charge on any atom is -0.462 e. The summed E-state index contributed by atoms with van der Waals surface area (Å²) in [5.41, 5.74) is 0. The number of hydrogen-bond donors (Lipinski definition) is 0. The minimum absolute atomic E-state index is 0.0936. The van der Waals surface area contributed by atoms with Crippen LogP contribution in [0.15, 0.2) is 85.1 Å². The van der Waals surface area contributed by atoms with Crippen molar-refractivity contribution in [3.63, 3.8) is 0 Å². The molecule has 0 aromatic heterocycles. The second-order valence-corrected chi connectivity index (χ2v) is 16.4. The highest BCUT2D eigenvalue weighted by atomic mass is 16.6. The Morgan fingerprint density at radius 2 is 0.721 bits per heavy atom. The molecule has 0 radical (unpaired) electrons. The van der Waals surface area contributed by atoms with E-state index in [1.165, 1.54) is 96.3 Å². The summed E-state index contributed by atoms with van der Waals surface area (Å²) in [4.78, 5) is 37.8. The smallest absolute Gasteiger partial charge is 0.310 e. The molecule has 0 amide bonds. The fraction of sp³-hybridized carbons (Fsp3) is 0.691. The summed E-state index contributed by atoms with van der Waals surface area (Å²) in [5, 5.41) is 0. The summed E-state index contributed by atoms with van der Waals surface area (Å²) < 4.78 is 16.6. The largest absolute Gasteiger partial charge is 0.462 e. The van der Waals surface area contributed by atoms with E-state index in [1.54, 1.807) is 6.08 Å². The Kier molecular flexibility index (Phi) is 46.5. The molecule has 0 aromatic rings. The maximum absolute atomic E-state index is 12.7. The molecule has 0 spiro atoms. The van der Waals surface area contributed by atoms with Crippen molar-refractivity contribution in [2.75, 3.05) is 13.2 Å². The van der Waals surface area contributed by atoms with Crippen molar-refractivity contribution >= 4 is 17.9 Å². The van der Waals surface area contributed by atoms with Crippen molar-refractivity contribution in [2.45, 2.75) is 232 Å². The van der Waals surface area contributed by atoms with Crippen LogP contribution in [0.4, 0.5) is 0 Å². The van der Waals surface area contributed by atoms with E-state index in [1.807, 2.05) is 6.08 Å². The number of carbonyl (C=O) groups is 3. The number of hydrogen-bond acceptors (Lipinski definition) is 6. The zero-order chi connectivity index (χ0) is 44.4. The molecule has 0 aliphatic heterocycles. The molecule has 6 nitrogen and oxygen atoms in total. The van der Waals surface area contributed by atoms with Gasteiger partial charge in [0, 0.05) is 12.8 Å². The van der Waals surface area contributed by atoms with Gasteiger partial charge in [0.25, 0.3) is 0 Å². The molecule has 348 valence electrons. The SMILES string of the molecule is CC/C=C\C/C=C\C/C=C\C/C=C\C/C=C\CC(=O)OC(COC(=O)CCCCCCC/C=C\CCC)COC(=O)CCCCCCCCC/C=C\CCCCCCCCC. The number of rotatable bonds is 44. The third-order valence-electron chi connectivity index (χ3n) is 10.4. The first kappa shape index (κ1) is 57.6. The fourth-order valence-electron chi connectivity index (χ4n) is 6.63. The third kappa shape index (κ3) is 47.5. The molecule has 0 heterocycles. The molecule has 0 N–H and O–H groups in total. The summed E-state index contributed by atoms with van der Waals surface area (Å²) in [6, 6.07) is 0. The molecule has 1 unspecified atom stereocenters. The Morgan fingerprint density at radius 1 is 0.361 bits per heavy atom. The topological polar surface area (TPSA) is 78.9 Å². The molecular weight excluding hydrogens is 757 g/mol. The normalized spacial score (nSPS) is 12.8. The average molecular weight is 849 g/mol. The van der Waals surface area contributed by atoms with Gasteiger partial charge in [0.1, 0.15) is 13.2 Å². The molecule has 0 aromatic carbocycles. The maximum atomic E-state index is 12.7. The van der Waals surface area contributed by atoms with Crippen molar-refractivity contribution in [2.24, 2.45) is 0 Å². The quantitative estimate of drug-likeness (QED) is 0.0263. The van der Waals surface area contributed by atoms with Crippen LogP contribution < -0.4 is 0 Å². The number of esters is 3. The lowest BCUT2D eigenvalue weighted by Crippen LogP contribution is -2.30. The predicted octanol–water partition coefficient (Wildman–Crippen LogP) is 16.4. The van der Waals surface area contributed by atoms with Crippen molar-refractivity contribution in [1.29, 1.82) is 0 Å². The van der Waals surface area contributed by atoms with Crippen LogP contribution in [0.1, 0.15) is 226 Å². The third-order valence-corrected chi connectivity index (χ3v) is 10.4. The van der Waals surface area contributed by atoms with Gasteiger partial charge in [-0.3, -0.25) is 14.4 Å². The summed E-state index contributed by atoms with van der Waals surface area (Å²) >= 11 is 0. The Balaban J connectivity index is 4.47. The van der Waals surface area contributed by atoms with Gasteiger partial charge in [-0.2, -0.15) is 0 Å². The van der Waals surface area contributed by atoms with E-state index in [9.17, 15) is 14.4 Å². The van der Waals surface area contributed by atoms with Crippen LogP contribution in [0.25, 0.3) is 0 Å². The van der Waals surface area contributed by atoms with Crippen LogP contribution >= 0.6 is 0 Å². The number of allylic oxidation sites excluding steroid dienone is 13. The predicted molar refractivity (Wildman–Crippen MR) is 261 cm³/mol. The van der Waals surface area contributed by atoms with Gasteiger partial charge in [0.15, 0.2) is 6.10 Å². The highest BCUT2D eigenvalue weighted by molar-refractivity contribution is 5.72. The molecule has 61 heavy (non-hydrogen) atoms. The number of unbranched alkanes of at least 4 members (excludes halogenated alkanes) is 20. The Labute approximate surface area is 375 Å². The van der Waals surface area contributed by atoms with E-state index in [0.29, 0.717) is 12.8 Å². The van der Waals surface area contributed by atoms with Crippen molar-refractivity contribution in [1.82, 2.24) is 0 Å². The van der Waals surface area contributed by atoms with E-state index in [2.05, 4.69) is 93.7 Å². The first-order valence-corrected chi connectivity index (χ1v) is 25.1. The molecule has 0 fully saturated rings. The van der Waals surface area contributed by atoms with Crippen LogP contribution in [0.2, 0.25) is 0 Å². The standard InChI is InChI=1S/C55H92O6/c1-4-7-10-13-16-19-22-24-26-27-28-30-31-33-36-39-42-45-48-54(57)60-51-52(50-59-53(56)47-44-41-38-35-21-18-15-12-9-6-3)61-55(58)49-46-43-40-37-34-32-29-25-23-20-17-14-11-8-5-2/h8,11-12,15,17,20,25-27,29,34,37,43,46,52H,4-7,9-10,13-14,16,18-19,21-24,28,30-33,35-36,38-42,44-45,47-51H2,1-3H3/b11-8-,15-12-,20-17-,27-26-,29-25-,37-34-,46-43-. The van der Waals surface area contributed by atoms with Gasteiger partial charge in [-0.25, -0.2) is 0 Å². The molecule has 0 saturated heterocycles. The summed E-state index contributed by atoms with van der Waals surface area (Å²) in [5.74, 6) is -1.07. The molecule has 0 saturated carbocycles. The summed E-state index contributed by atoms with van der Waals surface area (Å²) in [6.07, 6.45) is 63.1. The second kappa shape index (κ2) is 49.2. The Hall–Kier alpha value is -3.41. The van der Waals surface area contributed by atoms with Crippen LogP contribution in [0.5, 0.6) is 0 Å². The summed E-state index contributed by atoms with van der Waals surface area (Å²) in [6.45, 7) is 6.35. The molecule has 0 aliphatic rings. The van der Waals surface area contributed by atoms with Crippen LogP contribution in [-0.2, 0) is 28.6 Å². The summed E-state index contributed by atoms with van der Waals surface area (Å²) in [7, 11) is 0. The van der Waals surface area contributed by atoms with Gasteiger partial charge in [0.05, 0.1) is 6.42 Å². The lowest BCUT2D eigenvalue weighted by molar-refractivity contribution is -0.166. The fourth-order valence-corrected chi connectivity index (χ4v) is 6.63. The van der Waals surface area contributed by atoms with Gasteiger partial charge in [-0.05, 0) is 89.9 Å². The van der Waals surface area contributed by atoms with Crippen molar-refractivity contribution in [3.05, 3.63) is 85.1 Å². The van der Waals surface area contributed by atoms with E-state index < -0.39 is 12.1 Å². The number of ether oxygens (including phenoxy) is 3. The molecule has 0 rings (SSSR count). The highest BCUT2D eigenvalue weighted by Gasteiger charge is 2.19. The minimum atomic E-state index is -0.834. The van der Waals surface area contributed by atoms with Gasteiger partial charge in [0.2, 0.25) is 0 Å². The first-order chi connectivity index (χ1) is 30.0. The van der Waals surface area contributed by atoms with Crippen LogP contribution in [-0.4, -0.2) is 37.2 Å². The maximum Gasteiger partial charge on any atom is 0.310 e. The van der Waals surface area contributed by atoms with E-state index in [-0.39, 0.29) is 31.6 Å². The lowest BCUT2D eigenvalue weighted by atomic mass is 10.1. The molecule has 1 atom stereocenters. The Bertz CT molecular complexity index is 1200. The lowest BCUT2D eigenvalue weighted by Gasteiger charge is -2.18. The molecule has 0 aliphatic carbocycles. The van der Waals surface area contributed by atoms with Gasteiger partial charge in [-0.15, -0.1) is 0 Å². The van der Waals surface area contributed by atoms with Gasteiger partial charge in [-0.1, -0.05) is 202 Å².